The van der Waals surface area contributed by atoms with Gasteiger partial charge in [0.25, 0.3) is 0 Å². The topological polar surface area (TPSA) is 21.3 Å². The maximum Gasteiger partial charge on any atom is 0.119 e. The van der Waals surface area contributed by atoms with Gasteiger partial charge in [0, 0.05) is 11.7 Å². The zero-order valence-corrected chi connectivity index (χ0v) is 12.3. The van der Waals surface area contributed by atoms with Crippen LogP contribution in [0.3, 0.4) is 0 Å². The summed E-state index contributed by atoms with van der Waals surface area (Å²) in [7, 11) is 1.68. The summed E-state index contributed by atoms with van der Waals surface area (Å²) < 4.78 is 5.18. The summed E-state index contributed by atoms with van der Waals surface area (Å²) in [6.07, 6.45) is 0. The average molecular weight is 277 g/mol. The molecule has 0 aromatic heterocycles. The molecule has 21 heavy (non-hydrogen) atoms. The van der Waals surface area contributed by atoms with Gasteiger partial charge < -0.3 is 10.1 Å². The first-order valence-electron chi connectivity index (χ1n) is 7.15. The van der Waals surface area contributed by atoms with Gasteiger partial charge in [0.05, 0.1) is 7.11 Å². The maximum absolute atomic E-state index is 5.18. The fourth-order valence-electron chi connectivity index (χ4n) is 2.50. The van der Waals surface area contributed by atoms with Crippen LogP contribution in [0.25, 0.3) is 10.8 Å². The molecule has 0 heterocycles. The van der Waals surface area contributed by atoms with Crippen molar-refractivity contribution in [1.29, 1.82) is 0 Å². The van der Waals surface area contributed by atoms with Gasteiger partial charge in [0.2, 0.25) is 0 Å². The summed E-state index contributed by atoms with van der Waals surface area (Å²) in [6.45, 7) is 2.17. The lowest BCUT2D eigenvalue weighted by Gasteiger charge is -2.16. The largest absolute Gasteiger partial charge is 0.497 e. The normalized spacial score (nSPS) is 12.1. The highest BCUT2D eigenvalue weighted by molar-refractivity contribution is 5.83. The molecule has 3 rings (SSSR count). The van der Waals surface area contributed by atoms with Crippen LogP contribution in [0.5, 0.6) is 5.75 Å². The minimum absolute atomic E-state index is 0.253. The van der Waals surface area contributed by atoms with Crippen molar-refractivity contribution >= 4 is 16.5 Å². The molecule has 2 nitrogen and oxygen atoms in total. The number of hydrogen-bond donors (Lipinski definition) is 1. The van der Waals surface area contributed by atoms with E-state index < -0.39 is 0 Å². The van der Waals surface area contributed by atoms with Crippen molar-refractivity contribution in [2.24, 2.45) is 0 Å². The van der Waals surface area contributed by atoms with Crippen LogP contribution in [0.4, 0.5) is 5.69 Å². The molecule has 3 aromatic carbocycles. The van der Waals surface area contributed by atoms with Crippen molar-refractivity contribution in [1.82, 2.24) is 0 Å². The quantitative estimate of drug-likeness (QED) is 0.723. The summed E-state index contributed by atoms with van der Waals surface area (Å²) in [6, 6.07) is 23.3. The Morgan fingerprint density at radius 2 is 1.57 bits per heavy atom. The van der Waals surface area contributed by atoms with Gasteiger partial charge in [-0.15, -0.1) is 0 Å². The Kier molecular flexibility index (Phi) is 3.78. The van der Waals surface area contributed by atoms with Gasteiger partial charge in [-0.2, -0.15) is 0 Å². The van der Waals surface area contributed by atoms with Gasteiger partial charge >= 0.3 is 0 Å². The molecule has 2 heteroatoms. The van der Waals surface area contributed by atoms with E-state index in [0.717, 1.165) is 11.4 Å². The van der Waals surface area contributed by atoms with Gasteiger partial charge in [-0.3, -0.25) is 0 Å². The second-order valence-electron chi connectivity index (χ2n) is 5.20. The SMILES string of the molecule is COc1ccc(N[C@H](C)c2ccc3ccccc3c2)cc1. The molecule has 0 amide bonds. The predicted molar refractivity (Wildman–Crippen MR) is 89.0 cm³/mol. The number of hydrogen-bond acceptors (Lipinski definition) is 2. The van der Waals surface area contributed by atoms with Crippen LogP contribution in [0.2, 0.25) is 0 Å². The zero-order valence-electron chi connectivity index (χ0n) is 12.3. The summed E-state index contributed by atoms with van der Waals surface area (Å²) in [5, 5.41) is 6.07. The highest BCUT2D eigenvalue weighted by Crippen LogP contribution is 2.24. The standard InChI is InChI=1S/C19H19NO/c1-14(20-18-9-11-19(21-2)12-10-18)16-8-7-15-5-3-4-6-17(15)13-16/h3-14,20H,1-2H3/t14-/m1/s1. The Morgan fingerprint density at radius 1 is 0.857 bits per heavy atom. The summed E-state index contributed by atoms with van der Waals surface area (Å²) in [4.78, 5) is 0. The molecule has 0 unspecified atom stereocenters. The van der Waals surface area contributed by atoms with E-state index in [2.05, 4.69) is 54.7 Å². The molecular weight excluding hydrogens is 258 g/mol. The lowest BCUT2D eigenvalue weighted by atomic mass is 10.0. The van der Waals surface area contributed by atoms with E-state index in [1.54, 1.807) is 7.11 Å². The van der Waals surface area contributed by atoms with E-state index in [9.17, 15) is 0 Å². The Labute approximate surface area is 125 Å². The summed E-state index contributed by atoms with van der Waals surface area (Å²) >= 11 is 0. The third kappa shape index (κ3) is 3.00. The third-order valence-corrected chi connectivity index (χ3v) is 3.75. The van der Waals surface area contributed by atoms with E-state index in [1.807, 2.05) is 24.3 Å². The molecule has 0 saturated carbocycles. The average Bonchev–Trinajstić information content (AvgIpc) is 2.55. The predicted octanol–water partition coefficient (Wildman–Crippen LogP) is 5.02. The molecule has 0 spiro atoms. The Hall–Kier alpha value is -2.48. The fourth-order valence-corrected chi connectivity index (χ4v) is 2.50. The molecule has 0 saturated heterocycles. The molecule has 0 aliphatic heterocycles. The third-order valence-electron chi connectivity index (χ3n) is 3.75. The van der Waals surface area contributed by atoms with Crippen molar-refractivity contribution in [3.05, 3.63) is 72.3 Å². The van der Waals surface area contributed by atoms with E-state index in [4.69, 9.17) is 4.74 Å². The lowest BCUT2D eigenvalue weighted by molar-refractivity contribution is 0.415. The smallest absolute Gasteiger partial charge is 0.119 e. The highest BCUT2D eigenvalue weighted by atomic mass is 16.5. The van der Waals surface area contributed by atoms with Crippen molar-refractivity contribution in [3.63, 3.8) is 0 Å². The first kappa shape index (κ1) is 13.5. The monoisotopic (exact) mass is 277 g/mol. The molecule has 0 bridgehead atoms. The van der Waals surface area contributed by atoms with Crippen LogP contribution in [-0.4, -0.2) is 7.11 Å². The first-order chi connectivity index (χ1) is 10.3. The van der Waals surface area contributed by atoms with Crippen LogP contribution in [-0.2, 0) is 0 Å². The van der Waals surface area contributed by atoms with Gasteiger partial charge in [0.1, 0.15) is 5.75 Å². The highest BCUT2D eigenvalue weighted by Gasteiger charge is 2.06. The number of nitrogens with one attached hydrogen (secondary N) is 1. The summed E-state index contributed by atoms with van der Waals surface area (Å²) in [5.41, 5.74) is 2.38. The number of anilines is 1. The molecule has 0 aliphatic carbocycles. The molecule has 3 aromatic rings. The molecular formula is C19H19NO. The van der Waals surface area contributed by atoms with E-state index in [0.29, 0.717) is 0 Å². The van der Waals surface area contributed by atoms with E-state index in [1.165, 1.54) is 16.3 Å². The second kappa shape index (κ2) is 5.88. The van der Waals surface area contributed by atoms with E-state index in [-0.39, 0.29) is 6.04 Å². The summed E-state index contributed by atoms with van der Waals surface area (Å²) in [5.74, 6) is 0.874. The van der Waals surface area contributed by atoms with Crippen molar-refractivity contribution in [3.8, 4) is 5.75 Å². The Balaban J connectivity index is 1.80. The molecule has 0 fully saturated rings. The lowest BCUT2D eigenvalue weighted by Crippen LogP contribution is -2.06. The number of rotatable bonds is 4. The van der Waals surface area contributed by atoms with Gasteiger partial charge in [0.15, 0.2) is 0 Å². The van der Waals surface area contributed by atoms with Crippen LogP contribution in [0, 0.1) is 0 Å². The minimum atomic E-state index is 0.253. The number of methoxy groups -OCH3 is 1. The Morgan fingerprint density at radius 3 is 2.29 bits per heavy atom. The van der Waals surface area contributed by atoms with E-state index >= 15 is 0 Å². The van der Waals surface area contributed by atoms with Crippen LogP contribution < -0.4 is 10.1 Å². The fraction of sp³-hybridized carbons (Fsp3) is 0.158. The van der Waals surface area contributed by atoms with Crippen LogP contribution in [0.15, 0.2) is 66.7 Å². The first-order valence-corrected chi connectivity index (χ1v) is 7.15. The van der Waals surface area contributed by atoms with Gasteiger partial charge in [-0.25, -0.2) is 0 Å². The van der Waals surface area contributed by atoms with Crippen LogP contribution in [0.1, 0.15) is 18.5 Å². The minimum Gasteiger partial charge on any atom is -0.497 e. The molecule has 1 atom stereocenters. The van der Waals surface area contributed by atoms with Crippen molar-refractivity contribution in [2.75, 3.05) is 12.4 Å². The molecule has 0 radical (unpaired) electrons. The molecule has 1 N–H and O–H groups in total. The maximum atomic E-state index is 5.18. The second-order valence-corrected chi connectivity index (χ2v) is 5.20. The molecule has 106 valence electrons. The van der Waals surface area contributed by atoms with Crippen LogP contribution >= 0.6 is 0 Å². The van der Waals surface area contributed by atoms with Gasteiger partial charge in [-0.05, 0) is 53.6 Å². The Bertz CT molecular complexity index is 734. The number of ether oxygens (including phenoxy) is 1. The van der Waals surface area contributed by atoms with Gasteiger partial charge in [-0.1, -0.05) is 36.4 Å². The zero-order chi connectivity index (χ0) is 14.7. The molecule has 0 aliphatic rings. The number of benzene rings is 3. The van der Waals surface area contributed by atoms with Crippen molar-refractivity contribution < 1.29 is 4.74 Å². The van der Waals surface area contributed by atoms with Crippen molar-refractivity contribution in [2.45, 2.75) is 13.0 Å². The number of fused-ring (bicyclic) bond motifs is 1.